The van der Waals surface area contributed by atoms with Crippen LogP contribution in [0.4, 0.5) is 0 Å². The summed E-state index contributed by atoms with van der Waals surface area (Å²) in [4.78, 5) is 19.2. The van der Waals surface area contributed by atoms with Gasteiger partial charge in [-0.05, 0) is 22.9 Å². The van der Waals surface area contributed by atoms with Crippen LogP contribution in [-0.2, 0) is 17.9 Å². The molecule has 0 spiro atoms. The first-order valence-electron chi connectivity index (χ1n) is 9.02. The van der Waals surface area contributed by atoms with Gasteiger partial charge in [-0.2, -0.15) is 0 Å². The summed E-state index contributed by atoms with van der Waals surface area (Å²) in [7, 11) is 0. The van der Waals surface area contributed by atoms with Crippen molar-refractivity contribution in [3.05, 3.63) is 62.6 Å². The van der Waals surface area contributed by atoms with E-state index in [-0.39, 0.29) is 6.42 Å². The highest BCUT2D eigenvalue weighted by Gasteiger charge is 2.13. The normalized spacial score (nSPS) is 11.4. The van der Waals surface area contributed by atoms with Crippen LogP contribution in [0.3, 0.4) is 0 Å². The van der Waals surface area contributed by atoms with Crippen molar-refractivity contribution in [2.75, 3.05) is 6.54 Å². The van der Waals surface area contributed by atoms with Crippen LogP contribution in [0.5, 0.6) is 0 Å². The van der Waals surface area contributed by atoms with Gasteiger partial charge in [0.1, 0.15) is 5.01 Å². The van der Waals surface area contributed by atoms with Crippen molar-refractivity contribution in [2.45, 2.75) is 39.3 Å². The zero-order valence-electron chi connectivity index (χ0n) is 15.6. The zero-order chi connectivity index (χ0) is 19.2. The Labute approximate surface area is 168 Å². The van der Waals surface area contributed by atoms with Crippen LogP contribution in [0.1, 0.15) is 41.6 Å². The molecule has 0 amide bonds. The van der Waals surface area contributed by atoms with Gasteiger partial charge in [-0.15, -0.1) is 22.7 Å². The van der Waals surface area contributed by atoms with Crippen molar-refractivity contribution in [3.8, 4) is 11.3 Å². The fraction of sp³-hybridized carbons (Fsp3) is 0.333. The maximum atomic E-state index is 11.0. The van der Waals surface area contributed by atoms with Crippen LogP contribution >= 0.6 is 22.7 Å². The van der Waals surface area contributed by atoms with Crippen LogP contribution in [0.2, 0.25) is 0 Å². The van der Waals surface area contributed by atoms with Gasteiger partial charge in [0.05, 0.1) is 18.7 Å². The Hall–Kier alpha value is -2.02. The standard InChI is InChI=1S/C21H24N2O2S2/c1-15(2)16-5-7-17(8-6-16)19-14-27-20(22-19)13-23(10-9-21(24)25)12-18-4-3-11-26-18/h3-8,11,14-15H,9-10,12-13H2,1-2H3,(H,24,25). The lowest BCUT2D eigenvalue weighted by molar-refractivity contribution is -0.137. The Kier molecular flexibility index (Phi) is 6.77. The number of aliphatic carboxylic acids is 1. The fourth-order valence-electron chi connectivity index (χ4n) is 2.84. The quantitative estimate of drug-likeness (QED) is 0.517. The number of carboxylic acid groups (broad SMARTS) is 1. The van der Waals surface area contributed by atoms with Gasteiger partial charge in [0.25, 0.3) is 0 Å². The van der Waals surface area contributed by atoms with Gasteiger partial charge >= 0.3 is 5.97 Å². The number of carboxylic acids is 1. The first-order chi connectivity index (χ1) is 13.0. The van der Waals surface area contributed by atoms with Crippen LogP contribution < -0.4 is 0 Å². The molecule has 0 fully saturated rings. The Morgan fingerprint density at radius 1 is 1.15 bits per heavy atom. The highest BCUT2D eigenvalue weighted by atomic mass is 32.1. The topological polar surface area (TPSA) is 53.4 Å². The summed E-state index contributed by atoms with van der Waals surface area (Å²) < 4.78 is 0. The summed E-state index contributed by atoms with van der Waals surface area (Å²) in [6.45, 7) is 6.32. The minimum absolute atomic E-state index is 0.139. The molecule has 3 aromatic rings. The number of rotatable bonds is 9. The van der Waals surface area contributed by atoms with Gasteiger partial charge in [-0.25, -0.2) is 4.98 Å². The van der Waals surface area contributed by atoms with Gasteiger partial charge in [-0.1, -0.05) is 44.2 Å². The van der Waals surface area contributed by atoms with E-state index in [9.17, 15) is 4.79 Å². The van der Waals surface area contributed by atoms with Crippen molar-refractivity contribution in [3.63, 3.8) is 0 Å². The second-order valence-electron chi connectivity index (χ2n) is 6.84. The van der Waals surface area contributed by atoms with Crippen molar-refractivity contribution in [1.82, 2.24) is 9.88 Å². The van der Waals surface area contributed by atoms with E-state index < -0.39 is 5.97 Å². The molecule has 6 heteroatoms. The maximum absolute atomic E-state index is 11.0. The molecule has 3 rings (SSSR count). The fourth-order valence-corrected chi connectivity index (χ4v) is 4.43. The van der Waals surface area contributed by atoms with Crippen LogP contribution in [0.25, 0.3) is 11.3 Å². The molecule has 2 heterocycles. The van der Waals surface area contributed by atoms with Gasteiger partial charge in [0, 0.05) is 28.9 Å². The molecule has 0 aliphatic rings. The first kappa shape index (κ1) is 19.7. The van der Waals surface area contributed by atoms with Gasteiger partial charge in [0.15, 0.2) is 0 Å². The number of benzene rings is 1. The molecular formula is C21H24N2O2S2. The third-order valence-electron chi connectivity index (χ3n) is 4.39. The lowest BCUT2D eigenvalue weighted by atomic mass is 10.0. The molecule has 0 bridgehead atoms. The molecule has 0 atom stereocenters. The van der Waals surface area contributed by atoms with E-state index >= 15 is 0 Å². The number of hydrogen-bond donors (Lipinski definition) is 1. The number of hydrogen-bond acceptors (Lipinski definition) is 5. The third-order valence-corrected chi connectivity index (χ3v) is 6.08. The second kappa shape index (κ2) is 9.26. The lowest BCUT2D eigenvalue weighted by Gasteiger charge is -2.19. The van der Waals surface area contributed by atoms with Gasteiger partial charge in [-0.3, -0.25) is 9.69 Å². The number of aromatic nitrogens is 1. The summed E-state index contributed by atoms with van der Waals surface area (Å²) in [5, 5.41) is 14.2. The molecule has 4 nitrogen and oxygen atoms in total. The van der Waals surface area contributed by atoms with Gasteiger partial charge in [0.2, 0.25) is 0 Å². The third kappa shape index (κ3) is 5.73. The van der Waals surface area contributed by atoms with E-state index in [2.05, 4.69) is 54.5 Å². The molecule has 142 valence electrons. The van der Waals surface area contributed by atoms with E-state index in [0.717, 1.165) is 22.8 Å². The average Bonchev–Trinajstić information content (AvgIpc) is 3.32. The first-order valence-corrected chi connectivity index (χ1v) is 10.8. The zero-order valence-corrected chi connectivity index (χ0v) is 17.2. The molecule has 0 aliphatic heterocycles. The number of nitrogens with zero attached hydrogens (tertiary/aromatic N) is 2. The minimum Gasteiger partial charge on any atom is -0.481 e. The van der Waals surface area contributed by atoms with E-state index in [1.54, 1.807) is 22.7 Å². The number of carbonyl (C=O) groups is 1. The molecule has 2 aromatic heterocycles. The Balaban J connectivity index is 1.69. The molecule has 0 aliphatic carbocycles. The monoisotopic (exact) mass is 400 g/mol. The Bertz CT molecular complexity index is 855. The molecule has 0 radical (unpaired) electrons. The summed E-state index contributed by atoms with van der Waals surface area (Å²) >= 11 is 3.33. The summed E-state index contributed by atoms with van der Waals surface area (Å²) in [6, 6.07) is 12.7. The number of thiazole rings is 1. The lowest BCUT2D eigenvalue weighted by Crippen LogP contribution is -2.25. The Morgan fingerprint density at radius 2 is 1.93 bits per heavy atom. The summed E-state index contributed by atoms with van der Waals surface area (Å²) in [5.41, 5.74) is 3.43. The second-order valence-corrected chi connectivity index (χ2v) is 8.81. The van der Waals surface area contributed by atoms with Crippen molar-refractivity contribution < 1.29 is 9.90 Å². The highest BCUT2D eigenvalue weighted by molar-refractivity contribution is 7.10. The van der Waals surface area contributed by atoms with Crippen molar-refractivity contribution in [2.24, 2.45) is 0 Å². The number of thiophene rings is 1. The van der Waals surface area contributed by atoms with E-state index in [1.807, 2.05) is 11.4 Å². The average molecular weight is 401 g/mol. The Morgan fingerprint density at radius 3 is 2.56 bits per heavy atom. The van der Waals surface area contributed by atoms with E-state index in [1.165, 1.54) is 10.4 Å². The predicted octanol–water partition coefficient (Wildman–Crippen LogP) is 5.47. The van der Waals surface area contributed by atoms with Crippen LogP contribution in [-0.4, -0.2) is 27.5 Å². The smallest absolute Gasteiger partial charge is 0.304 e. The largest absolute Gasteiger partial charge is 0.481 e. The van der Waals surface area contributed by atoms with E-state index in [0.29, 0.717) is 19.0 Å². The molecule has 0 saturated heterocycles. The predicted molar refractivity (Wildman–Crippen MR) is 112 cm³/mol. The van der Waals surface area contributed by atoms with Crippen LogP contribution in [0.15, 0.2) is 47.2 Å². The summed E-state index contributed by atoms with van der Waals surface area (Å²) in [5.74, 6) is -0.249. The van der Waals surface area contributed by atoms with E-state index in [4.69, 9.17) is 10.1 Å². The molecule has 0 saturated carbocycles. The van der Waals surface area contributed by atoms with Gasteiger partial charge < -0.3 is 5.11 Å². The van der Waals surface area contributed by atoms with Crippen LogP contribution in [0, 0.1) is 0 Å². The molecule has 1 N–H and O–H groups in total. The molecular weight excluding hydrogens is 376 g/mol. The summed E-state index contributed by atoms with van der Waals surface area (Å²) in [6.07, 6.45) is 0.139. The molecule has 1 aromatic carbocycles. The SMILES string of the molecule is CC(C)c1ccc(-c2csc(CN(CCC(=O)O)Cc3cccs3)n2)cc1. The maximum Gasteiger partial charge on any atom is 0.304 e. The van der Waals surface area contributed by atoms with Crippen molar-refractivity contribution in [1.29, 1.82) is 0 Å². The highest BCUT2D eigenvalue weighted by Crippen LogP contribution is 2.25. The minimum atomic E-state index is -0.767. The molecule has 0 unspecified atom stereocenters. The van der Waals surface area contributed by atoms with Crippen molar-refractivity contribution >= 4 is 28.6 Å². The molecule has 27 heavy (non-hydrogen) atoms.